The van der Waals surface area contributed by atoms with Crippen molar-refractivity contribution >= 4 is 11.8 Å². The molecule has 0 N–H and O–H groups in total. The summed E-state index contributed by atoms with van der Waals surface area (Å²) >= 11 is 1.59. The minimum atomic E-state index is 0.777. The third kappa shape index (κ3) is 2.85. The van der Waals surface area contributed by atoms with E-state index in [4.69, 9.17) is 0 Å². The van der Waals surface area contributed by atoms with Gasteiger partial charge >= 0.3 is 0 Å². The predicted molar refractivity (Wildman–Crippen MR) is 77.7 cm³/mol. The second-order valence-electron chi connectivity index (χ2n) is 4.36. The molecule has 2 heterocycles. The molecule has 2 aromatic heterocycles. The van der Waals surface area contributed by atoms with Crippen LogP contribution in [-0.2, 0) is 5.75 Å². The third-order valence-corrected chi connectivity index (χ3v) is 3.77. The van der Waals surface area contributed by atoms with Crippen LogP contribution >= 0.6 is 11.8 Å². The molecule has 0 fully saturated rings. The summed E-state index contributed by atoms with van der Waals surface area (Å²) in [5, 5.41) is 12.7. The number of rotatable bonds is 4. The van der Waals surface area contributed by atoms with Crippen LogP contribution < -0.4 is 0 Å². The zero-order valence-electron chi connectivity index (χ0n) is 11.0. The Balaban J connectivity index is 1.80. The van der Waals surface area contributed by atoms with Gasteiger partial charge in [-0.3, -0.25) is 4.98 Å². The first-order valence-corrected chi connectivity index (χ1v) is 7.18. The monoisotopic (exact) mass is 283 g/mol. The summed E-state index contributed by atoms with van der Waals surface area (Å²) in [6.45, 7) is 2.05. The van der Waals surface area contributed by atoms with E-state index in [1.807, 2.05) is 30.5 Å². The van der Waals surface area contributed by atoms with Crippen LogP contribution in [0.2, 0.25) is 0 Å². The van der Waals surface area contributed by atoms with Crippen molar-refractivity contribution in [2.75, 3.05) is 0 Å². The fraction of sp³-hybridized carbons (Fsp3) is 0.143. The van der Waals surface area contributed by atoms with E-state index in [1.165, 1.54) is 5.56 Å². The van der Waals surface area contributed by atoms with Gasteiger partial charge in [-0.05, 0) is 46.7 Å². The maximum absolute atomic E-state index is 4.11. The third-order valence-electron chi connectivity index (χ3n) is 2.78. The van der Waals surface area contributed by atoms with E-state index in [2.05, 4.69) is 39.6 Å². The molecule has 0 unspecified atom stereocenters. The average molecular weight is 283 g/mol. The topological polar surface area (TPSA) is 56.5 Å². The van der Waals surface area contributed by atoms with Gasteiger partial charge in [-0.25, -0.2) is 0 Å². The van der Waals surface area contributed by atoms with Gasteiger partial charge in [0, 0.05) is 18.1 Å². The standard InChI is InChI=1S/C14H13N5S/c1-11-4-2-6-13(8-11)19-14(16-17-18-19)20-10-12-5-3-7-15-9-12/h2-9H,10H2,1H3. The van der Waals surface area contributed by atoms with Crippen LogP contribution in [0.3, 0.4) is 0 Å². The molecule has 0 aliphatic rings. The van der Waals surface area contributed by atoms with Crippen molar-refractivity contribution in [1.82, 2.24) is 25.2 Å². The number of aromatic nitrogens is 5. The lowest BCUT2D eigenvalue weighted by Gasteiger charge is -2.05. The van der Waals surface area contributed by atoms with Crippen molar-refractivity contribution in [1.29, 1.82) is 0 Å². The molecular weight excluding hydrogens is 270 g/mol. The van der Waals surface area contributed by atoms with Crippen molar-refractivity contribution in [3.63, 3.8) is 0 Å². The summed E-state index contributed by atoms with van der Waals surface area (Å²) in [7, 11) is 0. The van der Waals surface area contributed by atoms with Gasteiger partial charge in [0.05, 0.1) is 5.69 Å². The molecule has 0 radical (unpaired) electrons. The normalized spacial score (nSPS) is 10.7. The highest BCUT2D eigenvalue weighted by Gasteiger charge is 2.09. The Bertz CT molecular complexity index is 696. The summed E-state index contributed by atoms with van der Waals surface area (Å²) < 4.78 is 1.76. The first kappa shape index (κ1) is 12.8. The van der Waals surface area contributed by atoms with Crippen LogP contribution in [0.25, 0.3) is 5.69 Å². The largest absolute Gasteiger partial charge is 0.264 e. The Hall–Kier alpha value is -2.21. The number of nitrogens with zero attached hydrogens (tertiary/aromatic N) is 5. The lowest BCUT2D eigenvalue weighted by molar-refractivity contribution is 0.755. The molecular formula is C14H13N5S. The average Bonchev–Trinajstić information content (AvgIpc) is 2.95. The van der Waals surface area contributed by atoms with Gasteiger partial charge in [-0.1, -0.05) is 30.0 Å². The second-order valence-corrected chi connectivity index (χ2v) is 5.30. The van der Waals surface area contributed by atoms with Crippen molar-refractivity contribution in [3.8, 4) is 5.69 Å². The number of hydrogen-bond acceptors (Lipinski definition) is 5. The minimum absolute atomic E-state index is 0.777. The van der Waals surface area contributed by atoms with E-state index >= 15 is 0 Å². The molecule has 3 rings (SSSR count). The molecule has 0 aliphatic heterocycles. The van der Waals surface area contributed by atoms with E-state index in [0.717, 1.165) is 22.2 Å². The Morgan fingerprint density at radius 1 is 1.20 bits per heavy atom. The predicted octanol–water partition coefficient (Wildman–Crippen LogP) is 2.66. The highest BCUT2D eigenvalue weighted by Crippen LogP contribution is 2.22. The lowest BCUT2D eigenvalue weighted by atomic mass is 10.2. The Morgan fingerprint density at radius 3 is 2.95 bits per heavy atom. The second kappa shape index (κ2) is 5.83. The fourth-order valence-corrected chi connectivity index (χ4v) is 2.65. The van der Waals surface area contributed by atoms with Crippen molar-refractivity contribution in [2.45, 2.75) is 17.8 Å². The zero-order valence-corrected chi connectivity index (χ0v) is 11.8. The number of hydrogen-bond donors (Lipinski definition) is 0. The molecule has 5 nitrogen and oxygen atoms in total. The highest BCUT2D eigenvalue weighted by atomic mass is 32.2. The molecule has 0 amide bonds. The first-order valence-electron chi connectivity index (χ1n) is 6.20. The van der Waals surface area contributed by atoms with E-state index in [1.54, 1.807) is 22.6 Å². The Labute approximate surface area is 121 Å². The number of pyridine rings is 1. The van der Waals surface area contributed by atoms with Crippen LogP contribution in [0.4, 0.5) is 0 Å². The zero-order chi connectivity index (χ0) is 13.8. The lowest BCUT2D eigenvalue weighted by Crippen LogP contribution is -1.99. The number of tetrazole rings is 1. The Morgan fingerprint density at radius 2 is 2.15 bits per heavy atom. The number of benzene rings is 1. The molecule has 3 aromatic rings. The minimum Gasteiger partial charge on any atom is -0.264 e. The molecule has 1 aromatic carbocycles. The van der Waals surface area contributed by atoms with Gasteiger partial charge in [-0.2, -0.15) is 4.68 Å². The summed E-state index contributed by atoms with van der Waals surface area (Å²) in [6.07, 6.45) is 3.62. The van der Waals surface area contributed by atoms with Gasteiger partial charge in [-0.15, -0.1) is 5.10 Å². The summed E-state index contributed by atoms with van der Waals surface area (Å²) in [5.41, 5.74) is 3.31. The van der Waals surface area contributed by atoms with Gasteiger partial charge in [0.2, 0.25) is 5.16 Å². The molecule has 6 heteroatoms. The maximum atomic E-state index is 4.11. The van der Waals surface area contributed by atoms with Crippen LogP contribution in [0.1, 0.15) is 11.1 Å². The molecule has 0 bridgehead atoms. The SMILES string of the molecule is Cc1cccc(-n2nnnc2SCc2cccnc2)c1. The van der Waals surface area contributed by atoms with Gasteiger partial charge in [0.25, 0.3) is 0 Å². The fourth-order valence-electron chi connectivity index (χ4n) is 1.82. The maximum Gasteiger partial charge on any atom is 0.214 e. The quantitative estimate of drug-likeness (QED) is 0.689. The molecule has 0 spiro atoms. The molecule has 0 atom stereocenters. The molecule has 0 saturated heterocycles. The Kier molecular flexibility index (Phi) is 3.73. The van der Waals surface area contributed by atoms with Gasteiger partial charge < -0.3 is 0 Å². The number of aryl methyl sites for hydroxylation is 1. The van der Waals surface area contributed by atoms with Crippen molar-refractivity contribution < 1.29 is 0 Å². The van der Waals surface area contributed by atoms with E-state index in [0.29, 0.717) is 0 Å². The van der Waals surface area contributed by atoms with Crippen molar-refractivity contribution in [2.24, 2.45) is 0 Å². The number of thioether (sulfide) groups is 1. The highest BCUT2D eigenvalue weighted by molar-refractivity contribution is 7.98. The summed E-state index contributed by atoms with van der Waals surface area (Å²) in [6, 6.07) is 12.1. The van der Waals surface area contributed by atoms with Gasteiger partial charge in [0.15, 0.2) is 0 Å². The van der Waals surface area contributed by atoms with Gasteiger partial charge in [0.1, 0.15) is 0 Å². The van der Waals surface area contributed by atoms with Crippen LogP contribution in [-0.4, -0.2) is 25.2 Å². The molecule has 0 aliphatic carbocycles. The van der Waals surface area contributed by atoms with E-state index in [-0.39, 0.29) is 0 Å². The van der Waals surface area contributed by atoms with Crippen LogP contribution in [0.5, 0.6) is 0 Å². The van der Waals surface area contributed by atoms with Crippen molar-refractivity contribution in [3.05, 3.63) is 59.9 Å². The summed E-state index contributed by atoms with van der Waals surface area (Å²) in [5.74, 6) is 0.792. The van der Waals surface area contributed by atoms with Crippen LogP contribution in [0.15, 0.2) is 53.9 Å². The van der Waals surface area contributed by atoms with E-state index < -0.39 is 0 Å². The van der Waals surface area contributed by atoms with E-state index in [9.17, 15) is 0 Å². The molecule has 100 valence electrons. The molecule has 0 saturated carbocycles. The molecule has 20 heavy (non-hydrogen) atoms. The van der Waals surface area contributed by atoms with Crippen LogP contribution in [0, 0.1) is 6.92 Å². The first-order chi connectivity index (χ1) is 9.83. The smallest absolute Gasteiger partial charge is 0.214 e. The summed E-state index contributed by atoms with van der Waals surface area (Å²) in [4.78, 5) is 4.11.